The molecule has 1 aromatic carbocycles. The molecule has 4 nitrogen and oxygen atoms in total. The molecule has 1 rings (SSSR count). The number of likely N-dealkylation sites (N-methyl/N-ethyl adjacent to an activating group) is 1. The largest absolute Gasteiger partial charge is 0.483 e. The van der Waals surface area contributed by atoms with Crippen molar-refractivity contribution in [3.8, 4) is 5.75 Å². The van der Waals surface area contributed by atoms with E-state index < -0.39 is 6.10 Å². The second kappa shape index (κ2) is 5.36. The molecular formula is C11H15NO3. The number of carbonyl (C=O) groups excluding carboxylic acids is 1. The van der Waals surface area contributed by atoms with Crippen molar-refractivity contribution < 1.29 is 14.6 Å². The maximum Gasteiger partial charge on any atom is 0.257 e. The van der Waals surface area contributed by atoms with Gasteiger partial charge in [-0.1, -0.05) is 18.2 Å². The fourth-order valence-corrected chi connectivity index (χ4v) is 1.17. The van der Waals surface area contributed by atoms with Gasteiger partial charge in [-0.3, -0.25) is 4.79 Å². The molecule has 0 radical (unpaired) electrons. The number of hydrogen-bond acceptors (Lipinski definition) is 3. The molecule has 0 aliphatic heterocycles. The Kier molecular flexibility index (Phi) is 4.12. The van der Waals surface area contributed by atoms with Gasteiger partial charge in [0.05, 0.1) is 6.10 Å². The van der Waals surface area contributed by atoms with E-state index in [1.807, 2.05) is 6.07 Å². The van der Waals surface area contributed by atoms with E-state index >= 15 is 0 Å². The Morgan fingerprint density at radius 3 is 2.80 bits per heavy atom. The molecule has 0 saturated heterocycles. The lowest BCUT2D eigenvalue weighted by Gasteiger charge is -2.12. The second-order valence-electron chi connectivity index (χ2n) is 3.18. The van der Waals surface area contributed by atoms with Gasteiger partial charge in [-0.15, -0.1) is 0 Å². The Labute approximate surface area is 88.9 Å². The lowest BCUT2D eigenvalue weighted by atomic mass is 10.1. The van der Waals surface area contributed by atoms with Gasteiger partial charge >= 0.3 is 0 Å². The van der Waals surface area contributed by atoms with Crippen LogP contribution >= 0.6 is 0 Å². The zero-order valence-electron chi connectivity index (χ0n) is 8.86. The number of ether oxygens (including phenoxy) is 1. The van der Waals surface area contributed by atoms with E-state index in [9.17, 15) is 9.90 Å². The minimum Gasteiger partial charge on any atom is -0.483 e. The topological polar surface area (TPSA) is 58.6 Å². The standard InChI is InChI=1S/C11H15NO3/c1-8(13)9-5-3-4-6-10(9)15-7-11(14)12-2/h3-6,8,13H,7H2,1-2H3,(H,12,14)/t8-/m1/s1. The van der Waals surface area contributed by atoms with Crippen LogP contribution in [0.5, 0.6) is 5.75 Å². The van der Waals surface area contributed by atoms with Crippen LogP contribution in [0, 0.1) is 0 Å². The lowest BCUT2D eigenvalue weighted by molar-refractivity contribution is -0.122. The summed E-state index contributed by atoms with van der Waals surface area (Å²) in [5.74, 6) is 0.339. The summed E-state index contributed by atoms with van der Waals surface area (Å²) in [5.41, 5.74) is 0.682. The molecule has 0 bridgehead atoms. The van der Waals surface area contributed by atoms with Gasteiger partial charge < -0.3 is 15.2 Å². The molecule has 0 saturated carbocycles. The van der Waals surface area contributed by atoms with E-state index in [-0.39, 0.29) is 12.5 Å². The van der Waals surface area contributed by atoms with E-state index in [2.05, 4.69) is 5.32 Å². The summed E-state index contributed by atoms with van der Waals surface area (Å²) < 4.78 is 5.28. The van der Waals surface area contributed by atoms with Crippen LogP contribution in [0.15, 0.2) is 24.3 Å². The lowest BCUT2D eigenvalue weighted by Crippen LogP contribution is -2.25. The summed E-state index contributed by atoms with van der Waals surface area (Å²) in [4.78, 5) is 11.0. The summed E-state index contributed by atoms with van der Waals surface area (Å²) in [6.45, 7) is 1.61. The fraction of sp³-hybridized carbons (Fsp3) is 0.364. The molecule has 1 amide bonds. The Morgan fingerprint density at radius 1 is 1.53 bits per heavy atom. The minimum atomic E-state index is -0.606. The van der Waals surface area contributed by atoms with Crippen molar-refractivity contribution in [2.45, 2.75) is 13.0 Å². The predicted molar refractivity (Wildman–Crippen MR) is 56.6 cm³/mol. The van der Waals surface area contributed by atoms with Crippen molar-refractivity contribution >= 4 is 5.91 Å². The molecule has 82 valence electrons. The van der Waals surface area contributed by atoms with Crippen molar-refractivity contribution in [3.63, 3.8) is 0 Å². The molecule has 15 heavy (non-hydrogen) atoms. The molecule has 0 spiro atoms. The van der Waals surface area contributed by atoms with Gasteiger partial charge in [-0.25, -0.2) is 0 Å². The minimum absolute atomic E-state index is 0.0414. The summed E-state index contributed by atoms with van der Waals surface area (Å²) in [6.07, 6.45) is -0.606. The first kappa shape index (κ1) is 11.5. The van der Waals surface area contributed by atoms with Crippen molar-refractivity contribution in [1.82, 2.24) is 5.32 Å². The van der Waals surface area contributed by atoms with Crippen LogP contribution in [0.4, 0.5) is 0 Å². The number of nitrogens with one attached hydrogen (secondary N) is 1. The highest BCUT2D eigenvalue weighted by atomic mass is 16.5. The zero-order chi connectivity index (χ0) is 11.3. The number of aliphatic hydroxyl groups excluding tert-OH is 1. The maximum absolute atomic E-state index is 11.0. The molecule has 1 atom stereocenters. The highest BCUT2D eigenvalue weighted by molar-refractivity contribution is 5.77. The quantitative estimate of drug-likeness (QED) is 0.773. The summed E-state index contributed by atoms with van der Waals surface area (Å²) in [5, 5.41) is 11.9. The molecule has 0 fully saturated rings. The summed E-state index contributed by atoms with van der Waals surface area (Å²) in [6, 6.07) is 7.11. The summed E-state index contributed by atoms with van der Waals surface area (Å²) >= 11 is 0. The number of hydrogen-bond donors (Lipinski definition) is 2. The van der Waals surface area contributed by atoms with Crippen LogP contribution in [-0.2, 0) is 4.79 Å². The molecule has 0 heterocycles. The van der Waals surface area contributed by atoms with E-state index in [0.29, 0.717) is 11.3 Å². The highest BCUT2D eigenvalue weighted by Crippen LogP contribution is 2.24. The molecular weight excluding hydrogens is 194 g/mol. The first-order valence-corrected chi connectivity index (χ1v) is 4.75. The van der Waals surface area contributed by atoms with Gasteiger partial charge in [0.25, 0.3) is 5.91 Å². The monoisotopic (exact) mass is 209 g/mol. The highest BCUT2D eigenvalue weighted by Gasteiger charge is 2.09. The molecule has 0 aromatic heterocycles. The number of para-hydroxylation sites is 1. The van der Waals surface area contributed by atoms with Gasteiger partial charge in [0, 0.05) is 12.6 Å². The van der Waals surface area contributed by atoms with Crippen molar-refractivity contribution in [1.29, 1.82) is 0 Å². The van der Waals surface area contributed by atoms with Crippen LogP contribution < -0.4 is 10.1 Å². The van der Waals surface area contributed by atoms with E-state index in [0.717, 1.165) is 0 Å². The Bertz CT molecular complexity index is 336. The molecule has 2 N–H and O–H groups in total. The third-order valence-electron chi connectivity index (χ3n) is 2.01. The van der Waals surface area contributed by atoms with Crippen LogP contribution in [0.3, 0.4) is 0 Å². The van der Waals surface area contributed by atoms with Crippen LogP contribution in [0.25, 0.3) is 0 Å². The fourth-order valence-electron chi connectivity index (χ4n) is 1.17. The molecule has 1 aromatic rings. The molecule has 0 unspecified atom stereocenters. The zero-order valence-corrected chi connectivity index (χ0v) is 8.86. The van der Waals surface area contributed by atoms with Crippen LogP contribution in [0.1, 0.15) is 18.6 Å². The number of aliphatic hydroxyl groups is 1. The SMILES string of the molecule is CNC(=O)COc1ccccc1[C@@H](C)O. The van der Waals surface area contributed by atoms with E-state index in [4.69, 9.17) is 4.74 Å². The molecule has 0 aliphatic rings. The maximum atomic E-state index is 11.0. The van der Waals surface area contributed by atoms with Crippen molar-refractivity contribution in [2.75, 3.05) is 13.7 Å². The van der Waals surface area contributed by atoms with Crippen LogP contribution in [-0.4, -0.2) is 24.7 Å². The van der Waals surface area contributed by atoms with Crippen LogP contribution in [0.2, 0.25) is 0 Å². The Morgan fingerprint density at radius 2 is 2.20 bits per heavy atom. The number of benzene rings is 1. The Balaban J connectivity index is 2.71. The number of amides is 1. The molecule has 0 aliphatic carbocycles. The van der Waals surface area contributed by atoms with E-state index in [1.54, 1.807) is 32.2 Å². The normalized spacial score (nSPS) is 11.9. The molecule has 4 heteroatoms. The smallest absolute Gasteiger partial charge is 0.257 e. The summed E-state index contributed by atoms with van der Waals surface area (Å²) in [7, 11) is 1.55. The van der Waals surface area contributed by atoms with Gasteiger partial charge in [0.15, 0.2) is 6.61 Å². The average Bonchev–Trinajstić information content (AvgIpc) is 2.26. The van der Waals surface area contributed by atoms with Crippen molar-refractivity contribution in [2.24, 2.45) is 0 Å². The van der Waals surface area contributed by atoms with E-state index in [1.165, 1.54) is 0 Å². The van der Waals surface area contributed by atoms with Gasteiger partial charge in [-0.05, 0) is 13.0 Å². The third-order valence-corrected chi connectivity index (χ3v) is 2.01. The van der Waals surface area contributed by atoms with Gasteiger partial charge in [0.2, 0.25) is 0 Å². The first-order valence-electron chi connectivity index (χ1n) is 4.75. The van der Waals surface area contributed by atoms with Crippen molar-refractivity contribution in [3.05, 3.63) is 29.8 Å². The average molecular weight is 209 g/mol. The van der Waals surface area contributed by atoms with Gasteiger partial charge in [-0.2, -0.15) is 0 Å². The number of carbonyl (C=O) groups is 1. The number of rotatable bonds is 4. The Hall–Kier alpha value is -1.55. The first-order chi connectivity index (χ1) is 7.15. The third kappa shape index (κ3) is 3.25. The van der Waals surface area contributed by atoms with Gasteiger partial charge in [0.1, 0.15) is 5.75 Å². The second-order valence-corrected chi connectivity index (χ2v) is 3.18. The predicted octanol–water partition coefficient (Wildman–Crippen LogP) is 0.865.